The number of hydrogen-bond donors (Lipinski definition) is 2. The van der Waals surface area contributed by atoms with Crippen LogP contribution in [0.1, 0.15) is 5.69 Å². The molecule has 0 aliphatic heterocycles. The van der Waals surface area contributed by atoms with E-state index in [9.17, 15) is 8.42 Å². The quantitative estimate of drug-likeness (QED) is 0.826. The van der Waals surface area contributed by atoms with Crippen LogP contribution in [-0.4, -0.2) is 27.6 Å². The number of nitrogen functional groups attached to an aromatic ring is 1. The Balaban J connectivity index is 2.26. The second kappa shape index (κ2) is 6.29. The van der Waals surface area contributed by atoms with Crippen LogP contribution in [0, 0.1) is 0 Å². The molecule has 0 amide bonds. The first-order valence-corrected chi connectivity index (χ1v) is 8.24. The first-order chi connectivity index (χ1) is 9.96. The van der Waals surface area contributed by atoms with Crippen molar-refractivity contribution in [2.75, 3.05) is 20.0 Å². The van der Waals surface area contributed by atoms with Crippen molar-refractivity contribution in [1.82, 2.24) is 9.71 Å². The third kappa shape index (κ3) is 3.63. The van der Waals surface area contributed by atoms with Gasteiger partial charge in [0.25, 0.3) is 0 Å². The van der Waals surface area contributed by atoms with Gasteiger partial charge in [-0.15, -0.1) is 11.3 Å². The molecule has 0 fully saturated rings. The fraction of sp³-hybridized carbons (Fsp3) is 0.250. The molecule has 114 valence electrons. The van der Waals surface area contributed by atoms with E-state index >= 15 is 0 Å². The second-order valence-corrected chi connectivity index (χ2v) is 6.64. The van der Waals surface area contributed by atoms with Crippen LogP contribution in [-0.2, 0) is 16.6 Å². The molecule has 3 N–H and O–H groups in total. The molecule has 0 aliphatic rings. The summed E-state index contributed by atoms with van der Waals surface area (Å²) < 4.78 is 37.3. The first-order valence-electron chi connectivity index (χ1n) is 5.88. The van der Waals surface area contributed by atoms with Crippen molar-refractivity contribution in [2.24, 2.45) is 0 Å². The lowest BCUT2D eigenvalue weighted by atomic mass is 10.3. The van der Waals surface area contributed by atoms with Crippen molar-refractivity contribution in [3.8, 4) is 11.5 Å². The molecule has 0 spiro atoms. The zero-order valence-electron chi connectivity index (χ0n) is 11.5. The van der Waals surface area contributed by atoms with Crippen LogP contribution in [0.3, 0.4) is 0 Å². The summed E-state index contributed by atoms with van der Waals surface area (Å²) in [6.45, 7) is 0.0520. The lowest BCUT2D eigenvalue weighted by Gasteiger charge is -2.11. The van der Waals surface area contributed by atoms with E-state index in [1.54, 1.807) is 11.4 Å². The minimum absolute atomic E-state index is 0.00699. The fourth-order valence-corrected chi connectivity index (χ4v) is 3.39. The summed E-state index contributed by atoms with van der Waals surface area (Å²) in [7, 11) is -0.889. The number of methoxy groups -OCH3 is 2. The van der Waals surface area contributed by atoms with Gasteiger partial charge in [-0.1, -0.05) is 0 Å². The van der Waals surface area contributed by atoms with Crippen LogP contribution >= 0.6 is 11.3 Å². The summed E-state index contributed by atoms with van der Waals surface area (Å²) >= 11 is 1.25. The van der Waals surface area contributed by atoms with Gasteiger partial charge in [-0.25, -0.2) is 18.1 Å². The van der Waals surface area contributed by atoms with Gasteiger partial charge < -0.3 is 15.2 Å². The average molecular weight is 329 g/mol. The number of ether oxygens (including phenoxy) is 2. The Morgan fingerprint density at radius 2 is 2.10 bits per heavy atom. The SMILES string of the molecule is COc1ccc(OC)c(S(=O)(=O)NCc2csc(N)n2)c1. The van der Waals surface area contributed by atoms with E-state index in [-0.39, 0.29) is 17.2 Å². The molecule has 2 aromatic rings. The monoisotopic (exact) mass is 329 g/mol. The lowest BCUT2D eigenvalue weighted by Crippen LogP contribution is -2.24. The summed E-state index contributed by atoms with van der Waals surface area (Å²) in [6, 6.07) is 4.56. The number of nitrogens with zero attached hydrogens (tertiary/aromatic N) is 1. The predicted molar refractivity (Wildman–Crippen MR) is 80.1 cm³/mol. The minimum atomic E-state index is -3.76. The van der Waals surface area contributed by atoms with E-state index < -0.39 is 10.0 Å². The van der Waals surface area contributed by atoms with Gasteiger partial charge in [-0.2, -0.15) is 0 Å². The summed E-state index contributed by atoms with van der Waals surface area (Å²) in [5.41, 5.74) is 6.06. The van der Waals surface area contributed by atoms with E-state index in [1.807, 2.05) is 0 Å². The number of benzene rings is 1. The molecule has 0 saturated heterocycles. The summed E-state index contributed by atoms with van der Waals surface area (Å²) in [5, 5.41) is 2.09. The Hall–Kier alpha value is -1.84. The maximum absolute atomic E-state index is 12.4. The highest BCUT2D eigenvalue weighted by atomic mass is 32.2. The van der Waals surface area contributed by atoms with Gasteiger partial charge in [0.2, 0.25) is 10.0 Å². The van der Waals surface area contributed by atoms with Crippen LogP contribution in [0.25, 0.3) is 0 Å². The van der Waals surface area contributed by atoms with E-state index in [0.717, 1.165) is 0 Å². The smallest absolute Gasteiger partial charge is 0.244 e. The van der Waals surface area contributed by atoms with Crippen LogP contribution in [0.5, 0.6) is 11.5 Å². The van der Waals surface area contributed by atoms with Crippen LogP contribution < -0.4 is 19.9 Å². The zero-order chi connectivity index (χ0) is 15.5. The highest BCUT2D eigenvalue weighted by Gasteiger charge is 2.20. The molecular formula is C12H15N3O4S2. The van der Waals surface area contributed by atoms with Crippen LogP contribution in [0.4, 0.5) is 5.13 Å². The van der Waals surface area contributed by atoms with Crippen LogP contribution in [0.15, 0.2) is 28.5 Å². The maximum Gasteiger partial charge on any atom is 0.244 e. The molecule has 0 radical (unpaired) electrons. The number of thiazole rings is 1. The van der Waals surface area contributed by atoms with Gasteiger partial charge in [0, 0.05) is 11.4 Å². The topological polar surface area (TPSA) is 104 Å². The van der Waals surface area contributed by atoms with Gasteiger partial charge in [0.1, 0.15) is 16.4 Å². The number of sulfonamides is 1. The molecular weight excluding hydrogens is 314 g/mol. The number of hydrogen-bond acceptors (Lipinski definition) is 7. The normalized spacial score (nSPS) is 11.3. The summed E-state index contributed by atoms with van der Waals surface area (Å²) in [5.74, 6) is 0.662. The molecule has 0 unspecified atom stereocenters. The Kier molecular flexibility index (Phi) is 4.66. The Labute approximate surface area is 126 Å². The highest BCUT2D eigenvalue weighted by Crippen LogP contribution is 2.28. The third-order valence-corrected chi connectivity index (χ3v) is 4.82. The number of nitrogens with two attached hydrogens (primary N) is 1. The predicted octanol–water partition coefficient (Wildman–Crippen LogP) is 1.22. The largest absolute Gasteiger partial charge is 0.497 e. The molecule has 1 aromatic heterocycles. The lowest BCUT2D eigenvalue weighted by molar-refractivity contribution is 0.392. The third-order valence-electron chi connectivity index (χ3n) is 2.67. The maximum atomic E-state index is 12.4. The fourth-order valence-electron chi connectivity index (χ4n) is 1.64. The van der Waals surface area contributed by atoms with Gasteiger partial charge in [-0.05, 0) is 12.1 Å². The molecule has 1 heterocycles. The standard InChI is InChI=1S/C12H15N3O4S2/c1-18-9-3-4-10(19-2)11(5-9)21(16,17)14-6-8-7-20-12(13)15-8/h3-5,7,14H,6H2,1-2H3,(H2,13,15). The number of anilines is 1. The highest BCUT2D eigenvalue weighted by molar-refractivity contribution is 7.89. The molecule has 21 heavy (non-hydrogen) atoms. The molecule has 1 aromatic carbocycles. The van der Waals surface area contributed by atoms with E-state index in [2.05, 4.69) is 9.71 Å². The van der Waals surface area contributed by atoms with Crippen molar-refractivity contribution < 1.29 is 17.9 Å². The second-order valence-electron chi connectivity index (χ2n) is 4.02. The Morgan fingerprint density at radius 1 is 1.33 bits per heavy atom. The summed E-state index contributed by atoms with van der Waals surface area (Å²) in [4.78, 5) is 4.00. The van der Waals surface area contributed by atoms with Gasteiger partial charge in [0.05, 0.1) is 26.5 Å². The van der Waals surface area contributed by atoms with E-state index in [4.69, 9.17) is 15.2 Å². The van der Waals surface area contributed by atoms with Gasteiger partial charge in [0.15, 0.2) is 5.13 Å². The molecule has 0 atom stereocenters. The number of aromatic nitrogens is 1. The summed E-state index contributed by atoms with van der Waals surface area (Å²) in [6.07, 6.45) is 0. The van der Waals surface area contributed by atoms with Crippen LogP contribution in [0.2, 0.25) is 0 Å². The molecule has 9 heteroatoms. The molecule has 0 bridgehead atoms. The number of rotatable bonds is 6. The Bertz CT molecular complexity index is 728. The van der Waals surface area contributed by atoms with Gasteiger partial charge >= 0.3 is 0 Å². The molecule has 0 saturated carbocycles. The van der Waals surface area contributed by atoms with E-state index in [1.165, 1.54) is 37.7 Å². The average Bonchev–Trinajstić information content (AvgIpc) is 2.90. The zero-order valence-corrected chi connectivity index (χ0v) is 13.1. The van der Waals surface area contributed by atoms with Gasteiger partial charge in [-0.3, -0.25) is 0 Å². The minimum Gasteiger partial charge on any atom is -0.497 e. The van der Waals surface area contributed by atoms with Crippen molar-refractivity contribution in [2.45, 2.75) is 11.4 Å². The van der Waals surface area contributed by atoms with Crippen molar-refractivity contribution in [1.29, 1.82) is 0 Å². The van der Waals surface area contributed by atoms with Crippen molar-refractivity contribution >= 4 is 26.5 Å². The number of nitrogens with one attached hydrogen (secondary N) is 1. The molecule has 2 rings (SSSR count). The van der Waals surface area contributed by atoms with E-state index in [0.29, 0.717) is 16.6 Å². The van der Waals surface area contributed by atoms with Crippen molar-refractivity contribution in [3.05, 3.63) is 29.3 Å². The molecule has 7 nitrogen and oxygen atoms in total. The van der Waals surface area contributed by atoms with Crippen molar-refractivity contribution in [3.63, 3.8) is 0 Å². The first kappa shape index (κ1) is 15.5. The Morgan fingerprint density at radius 3 is 2.67 bits per heavy atom. The molecule has 0 aliphatic carbocycles.